The van der Waals surface area contributed by atoms with Crippen LogP contribution in [0, 0.1) is 0 Å². The van der Waals surface area contributed by atoms with E-state index in [0.29, 0.717) is 22.1 Å². The Balaban J connectivity index is 1.97. The van der Waals surface area contributed by atoms with Gasteiger partial charge in [0.1, 0.15) is 5.75 Å². The highest BCUT2D eigenvalue weighted by Crippen LogP contribution is 2.27. The minimum atomic E-state index is -0.135. The van der Waals surface area contributed by atoms with Crippen molar-refractivity contribution in [3.05, 3.63) is 47.5 Å². The molecule has 0 saturated carbocycles. The Morgan fingerprint density at radius 1 is 1.33 bits per heavy atom. The summed E-state index contributed by atoms with van der Waals surface area (Å²) in [6, 6.07) is 12.5. The largest absolute Gasteiger partial charge is 0.495 e. The first-order valence-corrected chi connectivity index (χ1v) is 7.56. The molecule has 0 saturated heterocycles. The molecule has 2 aromatic rings. The fourth-order valence-corrected chi connectivity index (χ4v) is 2.73. The van der Waals surface area contributed by atoms with Gasteiger partial charge in [-0.15, -0.1) is 11.8 Å². The molecule has 0 fully saturated rings. The van der Waals surface area contributed by atoms with E-state index in [1.165, 1.54) is 11.8 Å². The van der Waals surface area contributed by atoms with Gasteiger partial charge in [0.2, 0.25) is 5.91 Å². The summed E-state index contributed by atoms with van der Waals surface area (Å²) in [6.45, 7) is 0. The zero-order chi connectivity index (χ0) is 15.2. The van der Waals surface area contributed by atoms with Crippen molar-refractivity contribution in [2.75, 3.05) is 23.9 Å². The number of nitrogens with one attached hydrogen (secondary N) is 1. The van der Waals surface area contributed by atoms with E-state index in [2.05, 4.69) is 5.32 Å². The highest BCUT2D eigenvalue weighted by Gasteiger charge is 2.08. The Labute approximate surface area is 132 Å². The van der Waals surface area contributed by atoms with Gasteiger partial charge in [-0.05, 0) is 36.4 Å². The minimum absolute atomic E-state index is 0.135. The van der Waals surface area contributed by atoms with E-state index in [-0.39, 0.29) is 11.7 Å². The van der Waals surface area contributed by atoms with Crippen LogP contribution in [0.15, 0.2) is 47.4 Å². The molecule has 2 rings (SSSR count). The molecule has 2 aromatic carbocycles. The molecule has 0 aromatic heterocycles. The number of anilines is 2. The molecule has 0 aliphatic rings. The van der Waals surface area contributed by atoms with Gasteiger partial charge in [0.05, 0.1) is 18.6 Å². The van der Waals surface area contributed by atoms with E-state index in [1.807, 2.05) is 18.2 Å². The third-order valence-corrected chi connectivity index (χ3v) is 3.89. The normalized spacial score (nSPS) is 10.2. The SMILES string of the molecule is COc1ccc(N)cc1NC(=O)CSc1cccc(Cl)c1. The number of thioether (sulfide) groups is 1. The Hall–Kier alpha value is -1.85. The summed E-state index contributed by atoms with van der Waals surface area (Å²) < 4.78 is 5.19. The number of halogens is 1. The van der Waals surface area contributed by atoms with Crippen molar-refractivity contribution < 1.29 is 9.53 Å². The van der Waals surface area contributed by atoms with Crippen LogP contribution in [0.3, 0.4) is 0 Å². The molecule has 0 aliphatic heterocycles. The Bertz CT molecular complexity index is 649. The summed E-state index contributed by atoms with van der Waals surface area (Å²) in [5.41, 5.74) is 6.84. The van der Waals surface area contributed by atoms with E-state index in [1.54, 1.807) is 31.4 Å². The molecule has 3 N–H and O–H groups in total. The molecule has 0 radical (unpaired) electrons. The number of nitrogens with two attached hydrogens (primary N) is 1. The summed E-state index contributed by atoms with van der Waals surface area (Å²) in [6.07, 6.45) is 0. The first-order chi connectivity index (χ1) is 10.1. The molecule has 0 aliphatic carbocycles. The standard InChI is InChI=1S/C15H15ClN2O2S/c1-20-14-6-5-11(17)8-13(14)18-15(19)9-21-12-4-2-3-10(16)7-12/h2-8H,9,17H2,1H3,(H,18,19). The highest BCUT2D eigenvalue weighted by molar-refractivity contribution is 8.00. The van der Waals surface area contributed by atoms with Crippen molar-refractivity contribution >= 4 is 40.6 Å². The molecule has 0 heterocycles. The fourth-order valence-electron chi connectivity index (χ4n) is 1.72. The molecule has 1 amide bonds. The zero-order valence-electron chi connectivity index (χ0n) is 11.4. The first kappa shape index (κ1) is 15.5. The van der Waals surface area contributed by atoms with Crippen LogP contribution in [0.4, 0.5) is 11.4 Å². The van der Waals surface area contributed by atoms with Crippen LogP contribution in [0.25, 0.3) is 0 Å². The molecule has 4 nitrogen and oxygen atoms in total. The van der Waals surface area contributed by atoms with Crippen LogP contribution in [-0.4, -0.2) is 18.8 Å². The van der Waals surface area contributed by atoms with Crippen molar-refractivity contribution in [2.24, 2.45) is 0 Å². The van der Waals surface area contributed by atoms with E-state index >= 15 is 0 Å². The second-order valence-corrected chi connectivity index (χ2v) is 5.74. The quantitative estimate of drug-likeness (QED) is 0.651. The van der Waals surface area contributed by atoms with Gasteiger partial charge in [-0.3, -0.25) is 4.79 Å². The van der Waals surface area contributed by atoms with Crippen molar-refractivity contribution in [3.8, 4) is 5.75 Å². The lowest BCUT2D eigenvalue weighted by Gasteiger charge is -2.10. The maximum Gasteiger partial charge on any atom is 0.234 e. The Morgan fingerprint density at radius 2 is 2.14 bits per heavy atom. The molecule has 110 valence electrons. The van der Waals surface area contributed by atoms with Crippen LogP contribution < -0.4 is 15.8 Å². The van der Waals surface area contributed by atoms with Gasteiger partial charge in [0.15, 0.2) is 0 Å². The van der Waals surface area contributed by atoms with E-state index in [4.69, 9.17) is 22.1 Å². The lowest BCUT2D eigenvalue weighted by molar-refractivity contribution is -0.113. The van der Waals surface area contributed by atoms with Crippen LogP contribution in [0.5, 0.6) is 5.75 Å². The average Bonchev–Trinajstić information content (AvgIpc) is 2.45. The maximum atomic E-state index is 12.0. The summed E-state index contributed by atoms with van der Waals surface area (Å²) in [7, 11) is 1.54. The van der Waals surface area contributed by atoms with E-state index in [9.17, 15) is 4.79 Å². The third-order valence-electron chi connectivity index (χ3n) is 2.66. The number of amides is 1. The van der Waals surface area contributed by atoms with Crippen LogP contribution in [-0.2, 0) is 4.79 Å². The van der Waals surface area contributed by atoms with Crippen molar-refractivity contribution in [2.45, 2.75) is 4.90 Å². The third kappa shape index (κ3) is 4.58. The number of hydrogen-bond donors (Lipinski definition) is 2. The number of methoxy groups -OCH3 is 1. The zero-order valence-corrected chi connectivity index (χ0v) is 13.0. The average molecular weight is 323 g/mol. The monoisotopic (exact) mass is 322 g/mol. The maximum absolute atomic E-state index is 12.0. The van der Waals surface area contributed by atoms with E-state index in [0.717, 1.165) is 4.90 Å². The van der Waals surface area contributed by atoms with Gasteiger partial charge in [-0.1, -0.05) is 17.7 Å². The summed E-state index contributed by atoms with van der Waals surface area (Å²) in [5.74, 6) is 0.715. The van der Waals surface area contributed by atoms with Gasteiger partial charge < -0.3 is 15.8 Å². The fraction of sp³-hybridized carbons (Fsp3) is 0.133. The topological polar surface area (TPSA) is 64.3 Å². The highest BCUT2D eigenvalue weighted by atomic mass is 35.5. The molecule has 0 unspecified atom stereocenters. The van der Waals surface area contributed by atoms with E-state index < -0.39 is 0 Å². The number of ether oxygens (including phenoxy) is 1. The lowest BCUT2D eigenvalue weighted by atomic mass is 10.2. The molecular formula is C15H15ClN2O2S. The predicted octanol–water partition coefficient (Wildman–Crippen LogP) is 3.66. The summed E-state index contributed by atoms with van der Waals surface area (Å²) >= 11 is 7.31. The van der Waals surface area contributed by atoms with Crippen LogP contribution in [0.2, 0.25) is 5.02 Å². The van der Waals surface area contributed by atoms with Crippen molar-refractivity contribution in [3.63, 3.8) is 0 Å². The Morgan fingerprint density at radius 3 is 2.86 bits per heavy atom. The number of carbonyl (C=O) groups is 1. The molecule has 0 atom stereocenters. The van der Waals surface area contributed by atoms with Crippen molar-refractivity contribution in [1.82, 2.24) is 0 Å². The second-order valence-electron chi connectivity index (χ2n) is 4.25. The molecule has 6 heteroatoms. The van der Waals surface area contributed by atoms with Crippen LogP contribution >= 0.6 is 23.4 Å². The lowest BCUT2D eigenvalue weighted by Crippen LogP contribution is -2.14. The van der Waals surface area contributed by atoms with Crippen molar-refractivity contribution in [1.29, 1.82) is 0 Å². The molecule has 21 heavy (non-hydrogen) atoms. The Kier molecular flexibility index (Phi) is 5.36. The number of nitrogen functional groups attached to an aromatic ring is 1. The summed E-state index contributed by atoms with van der Waals surface area (Å²) in [5, 5.41) is 3.44. The summed E-state index contributed by atoms with van der Waals surface area (Å²) in [4.78, 5) is 12.9. The number of benzene rings is 2. The van der Waals surface area contributed by atoms with Gasteiger partial charge in [-0.2, -0.15) is 0 Å². The predicted molar refractivity (Wildman–Crippen MR) is 88.2 cm³/mol. The van der Waals surface area contributed by atoms with Gasteiger partial charge in [0.25, 0.3) is 0 Å². The molecule has 0 bridgehead atoms. The van der Waals surface area contributed by atoms with Crippen LogP contribution in [0.1, 0.15) is 0 Å². The number of hydrogen-bond acceptors (Lipinski definition) is 4. The first-order valence-electron chi connectivity index (χ1n) is 6.20. The number of rotatable bonds is 5. The minimum Gasteiger partial charge on any atom is -0.495 e. The molecular weight excluding hydrogens is 308 g/mol. The second kappa shape index (κ2) is 7.24. The smallest absolute Gasteiger partial charge is 0.234 e. The van der Waals surface area contributed by atoms with Gasteiger partial charge >= 0.3 is 0 Å². The molecule has 0 spiro atoms. The van der Waals surface area contributed by atoms with Gasteiger partial charge in [-0.25, -0.2) is 0 Å². The number of carbonyl (C=O) groups excluding carboxylic acids is 1. The van der Waals surface area contributed by atoms with Gasteiger partial charge in [0, 0.05) is 15.6 Å².